The summed E-state index contributed by atoms with van der Waals surface area (Å²) in [5.74, 6) is 1.94. The SMILES string of the molecule is COC(=O)CCSCC(=O)Nc1ccc(Oc2ccccc2)cc1. The first-order chi connectivity index (χ1) is 11.7. The van der Waals surface area contributed by atoms with Gasteiger partial charge in [0.05, 0.1) is 19.3 Å². The van der Waals surface area contributed by atoms with Crippen molar-refractivity contribution in [3.63, 3.8) is 0 Å². The zero-order valence-corrected chi connectivity index (χ0v) is 14.2. The minimum absolute atomic E-state index is 0.110. The highest BCUT2D eigenvalue weighted by Crippen LogP contribution is 2.22. The minimum Gasteiger partial charge on any atom is -0.469 e. The maximum Gasteiger partial charge on any atom is 0.306 e. The Bertz CT molecular complexity index is 658. The van der Waals surface area contributed by atoms with Gasteiger partial charge in [0.2, 0.25) is 5.91 Å². The van der Waals surface area contributed by atoms with E-state index in [4.69, 9.17) is 4.74 Å². The van der Waals surface area contributed by atoms with Gasteiger partial charge >= 0.3 is 5.97 Å². The molecule has 0 atom stereocenters. The average molecular weight is 345 g/mol. The summed E-state index contributed by atoms with van der Waals surface area (Å²) in [7, 11) is 1.35. The maximum atomic E-state index is 11.8. The molecule has 2 rings (SSSR count). The number of para-hydroxylation sites is 1. The number of carbonyl (C=O) groups is 2. The molecule has 5 nitrogen and oxygen atoms in total. The molecule has 0 aliphatic carbocycles. The summed E-state index contributed by atoms with van der Waals surface area (Å²) >= 11 is 1.39. The fourth-order valence-electron chi connectivity index (χ4n) is 1.85. The van der Waals surface area contributed by atoms with Crippen LogP contribution in [0.25, 0.3) is 0 Å². The number of benzene rings is 2. The summed E-state index contributed by atoms with van der Waals surface area (Å²) in [6.07, 6.45) is 0.306. The van der Waals surface area contributed by atoms with Crippen molar-refractivity contribution < 1.29 is 19.1 Å². The molecule has 1 amide bonds. The van der Waals surface area contributed by atoms with E-state index in [1.54, 1.807) is 24.3 Å². The molecule has 0 aliphatic heterocycles. The molecule has 6 heteroatoms. The fourth-order valence-corrected chi connectivity index (χ4v) is 2.56. The van der Waals surface area contributed by atoms with Crippen LogP contribution in [0.3, 0.4) is 0 Å². The van der Waals surface area contributed by atoms with Gasteiger partial charge in [-0.2, -0.15) is 11.8 Å². The van der Waals surface area contributed by atoms with Crippen LogP contribution in [-0.4, -0.2) is 30.5 Å². The first-order valence-corrected chi connectivity index (χ1v) is 8.60. The van der Waals surface area contributed by atoms with Crippen LogP contribution in [0.15, 0.2) is 54.6 Å². The number of carbonyl (C=O) groups excluding carboxylic acids is 2. The highest BCUT2D eigenvalue weighted by molar-refractivity contribution is 7.99. The second kappa shape index (κ2) is 9.62. The van der Waals surface area contributed by atoms with Gasteiger partial charge in [-0.3, -0.25) is 9.59 Å². The van der Waals surface area contributed by atoms with Gasteiger partial charge in [-0.05, 0) is 36.4 Å². The Morgan fingerprint density at radius 3 is 2.33 bits per heavy atom. The van der Waals surface area contributed by atoms with E-state index in [1.165, 1.54) is 18.9 Å². The number of methoxy groups -OCH3 is 1. The predicted octanol–water partition coefficient (Wildman–Crippen LogP) is 3.71. The molecule has 0 saturated heterocycles. The number of hydrogen-bond donors (Lipinski definition) is 1. The number of hydrogen-bond acceptors (Lipinski definition) is 5. The van der Waals surface area contributed by atoms with Crippen molar-refractivity contribution in [2.75, 3.05) is 23.9 Å². The molecule has 0 bridgehead atoms. The first-order valence-electron chi connectivity index (χ1n) is 7.45. The molecular weight excluding hydrogens is 326 g/mol. The molecule has 0 aliphatic rings. The van der Waals surface area contributed by atoms with Gasteiger partial charge in [-0.25, -0.2) is 0 Å². The highest BCUT2D eigenvalue weighted by atomic mass is 32.2. The Hall–Kier alpha value is -2.47. The summed E-state index contributed by atoms with van der Waals surface area (Å²) in [6.45, 7) is 0. The van der Waals surface area contributed by atoms with Gasteiger partial charge < -0.3 is 14.8 Å². The zero-order chi connectivity index (χ0) is 17.2. The molecule has 126 valence electrons. The van der Waals surface area contributed by atoms with Crippen molar-refractivity contribution in [1.29, 1.82) is 0 Å². The molecule has 0 saturated carbocycles. The van der Waals surface area contributed by atoms with Crippen LogP contribution in [0.5, 0.6) is 11.5 Å². The van der Waals surface area contributed by atoms with Crippen molar-refractivity contribution >= 4 is 29.3 Å². The van der Waals surface area contributed by atoms with E-state index in [1.807, 2.05) is 30.3 Å². The topological polar surface area (TPSA) is 64.6 Å². The maximum absolute atomic E-state index is 11.8. The van der Waals surface area contributed by atoms with E-state index in [2.05, 4.69) is 10.1 Å². The Labute approximate surface area is 145 Å². The largest absolute Gasteiger partial charge is 0.469 e. The first kappa shape index (κ1) is 17.9. The quantitative estimate of drug-likeness (QED) is 0.583. The van der Waals surface area contributed by atoms with Gasteiger partial charge in [0.1, 0.15) is 11.5 Å². The standard InChI is InChI=1S/C18H19NO4S/c1-22-18(21)11-12-24-13-17(20)19-14-7-9-16(10-8-14)23-15-5-3-2-4-6-15/h2-10H,11-13H2,1H3,(H,19,20). The van der Waals surface area contributed by atoms with E-state index in [0.29, 0.717) is 29.4 Å². The third-order valence-corrected chi connectivity index (χ3v) is 3.99. The molecule has 2 aromatic rings. The van der Waals surface area contributed by atoms with E-state index in [-0.39, 0.29) is 11.9 Å². The lowest BCUT2D eigenvalue weighted by Crippen LogP contribution is -2.14. The molecular formula is C18H19NO4S. The summed E-state index contributed by atoms with van der Waals surface area (Å²) in [4.78, 5) is 22.8. The molecule has 0 spiro atoms. The molecule has 0 aromatic heterocycles. The van der Waals surface area contributed by atoms with Gasteiger partial charge in [0, 0.05) is 11.4 Å². The number of amides is 1. The number of anilines is 1. The molecule has 0 radical (unpaired) electrons. The van der Waals surface area contributed by atoms with Crippen LogP contribution in [0, 0.1) is 0 Å². The Morgan fingerprint density at radius 2 is 1.67 bits per heavy atom. The lowest BCUT2D eigenvalue weighted by atomic mass is 10.3. The smallest absolute Gasteiger partial charge is 0.306 e. The van der Waals surface area contributed by atoms with Gasteiger partial charge in [0.15, 0.2) is 0 Å². The lowest BCUT2D eigenvalue weighted by molar-refractivity contribution is -0.140. The van der Waals surface area contributed by atoms with Crippen LogP contribution in [0.4, 0.5) is 5.69 Å². The zero-order valence-electron chi connectivity index (χ0n) is 13.4. The second-order valence-electron chi connectivity index (χ2n) is 4.87. The summed E-state index contributed by atoms with van der Waals surface area (Å²) < 4.78 is 10.2. The van der Waals surface area contributed by atoms with Crippen molar-refractivity contribution in [2.45, 2.75) is 6.42 Å². The number of ether oxygens (including phenoxy) is 2. The number of rotatable bonds is 8. The van der Waals surface area contributed by atoms with Gasteiger partial charge in [0.25, 0.3) is 0 Å². The van der Waals surface area contributed by atoms with Crippen LogP contribution < -0.4 is 10.1 Å². The monoisotopic (exact) mass is 345 g/mol. The van der Waals surface area contributed by atoms with Gasteiger partial charge in [-0.1, -0.05) is 18.2 Å². The lowest BCUT2D eigenvalue weighted by Gasteiger charge is -2.08. The van der Waals surface area contributed by atoms with Crippen molar-refractivity contribution in [3.8, 4) is 11.5 Å². The van der Waals surface area contributed by atoms with E-state index >= 15 is 0 Å². The van der Waals surface area contributed by atoms with Crippen molar-refractivity contribution in [2.24, 2.45) is 0 Å². The van der Waals surface area contributed by atoms with Crippen LogP contribution in [0.1, 0.15) is 6.42 Å². The normalized spacial score (nSPS) is 10.0. The van der Waals surface area contributed by atoms with E-state index in [0.717, 1.165) is 5.75 Å². The second-order valence-corrected chi connectivity index (χ2v) is 5.97. The Balaban J connectivity index is 1.75. The highest BCUT2D eigenvalue weighted by Gasteiger charge is 2.05. The third kappa shape index (κ3) is 6.34. The predicted molar refractivity (Wildman–Crippen MR) is 95.5 cm³/mol. The summed E-state index contributed by atoms with van der Waals surface area (Å²) in [6, 6.07) is 16.7. The average Bonchev–Trinajstić information content (AvgIpc) is 2.61. The van der Waals surface area contributed by atoms with Crippen LogP contribution >= 0.6 is 11.8 Å². The van der Waals surface area contributed by atoms with Crippen molar-refractivity contribution in [3.05, 3.63) is 54.6 Å². The van der Waals surface area contributed by atoms with Gasteiger partial charge in [-0.15, -0.1) is 0 Å². The summed E-state index contributed by atoms with van der Waals surface area (Å²) in [5, 5.41) is 2.80. The minimum atomic E-state index is -0.267. The molecule has 0 fully saturated rings. The Kier molecular flexibility index (Phi) is 7.17. The molecule has 1 N–H and O–H groups in total. The van der Waals surface area contributed by atoms with E-state index < -0.39 is 0 Å². The number of esters is 1. The molecule has 24 heavy (non-hydrogen) atoms. The third-order valence-electron chi connectivity index (χ3n) is 3.03. The van der Waals surface area contributed by atoms with Crippen molar-refractivity contribution in [1.82, 2.24) is 0 Å². The number of thioether (sulfide) groups is 1. The van der Waals surface area contributed by atoms with Crippen LogP contribution in [0.2, 0.25) is 0 Å². The van der Waals surface area contributed by atoms with E-state index in [9.17, 15) is 9.59 Å². The van der Waals surface area contributed by atoms with Crippen LogP contribution in [-0.2, 0) is 14.3 Å². The Morgan fingerprint density at radius 1 is 1.00 bits per heavy atom. The molecule has 0 unspecified atom stereocenters. The molecule has 2 aromatic carbocycles. The summed E-state index contributed by atoms with van der Waals surface area (Å²) in [5.41, 5.74) is 0.703. The number of nitrogens with one attached hydrogen (secondary N) is 1. The molecule has 0 heterocycles. The fraction of sp³-hybridized carbons (Fsp3) is 0.222.